The standard InChI is InChI=1S/C14H21N2O8P/c1-8(2)23-11-9(5-7-25(19,20)21)24-13(12(11)22-3)16-6-4-10(17)15-14(16)18/h4-9,11-13H,1-3H3,(H,15,17,18)(H2,19,20,21)/b7-5+/t9-,11+,12?,13-/m1/s1. The molecule has 0 aromatic carbocycles. The number of aromatic amines is 1. The van der Waals surface area contributed by atoms with Crippen LogP contribution in [-0.2, 0) is 18.8 Å². The van der Waals surface area contributed by atoms with E-state index >= 15 is 0 Å². The Bertz CT molecular complexity index is 780. The molecule has 4 atom stereocenters. The highest BCUT2D eigenvalue weighted by Gasteiger charge is 2.46. The van der Waals surface area contributed by atoms with Gasteiger partial charge in [-0.05, 0) is 19.9 Å². The molecule has 0 amide bonds. The highest BCUT2D eigenvalue weighted by atomic mass is 31.2. The minimum absolute atomic E-state index is 0.219. The summed E-state index contributed by atoms with van der Waals surface area (Å²) in [4.78, 5) is 43.4. The molecule has 1 aliphatic heterocycles. The number of rotatable bonds is 6. The Morgan fingerprint density at radius 3 is 2.56 bits per heavy atom. The Labute approximate surface area is 143 Å². The lowest BCUT2D eigenvalue weighted by Crippen LogP contribution is -2.40. The first kappa shape index (κ1) is 19.8. The number of methoxy groups -OCH3 is 1. The van der Waals surface area contributed by atoms with Crippen molar-refractivity contribution < 1.29 is 28.6 Å². The molecule has 1 aromatic heterocycles. The van der Waals surface area contributed by atoms with Gasteiger partial charge in [0.05, 0.1) is 6.10 Å². The predicted molar refractivity (Wildman–Crippen MR) is 87.2 cm³/mol. The molecule has 3 N–H and O–H groups in total. The molecule has 0 bridgehead atoms. The van der Waals surface area contributed by atoms with Crippen molar-refractivity contribution in [3.05, 3.63) is 45.0 Å². The van der Waals surface area contributed by atoms with Gasteiger partial charge >= 0.3 is 13.3 Å². The summed E-state index contributed by atoms with van der Waals surface area (Å²) in [5.41, 5.74) is -1.25. The zero-order chi connectivity index (χ0) is 18.8. The van der Waals surface area contributed by atoms with Crippen molar-refractivity contribution >= 4 is 7.60 Å². The third-order valence-electron chi connectivity index (χ3n) is 3.52. The molecule has 0 aliphatic carbocycles. The quantitative estimate of drug-likeness (QED) is 0.586. The summed E-state index contributed by atoms with van der Waals surface area (Å²) in [6, 6.07) is 1.16. The van der Waals surface area contributed by atoms with E-state index in [-0.39, 0.29) is 6.10 Å². The van der Waals surface area contributed by atoms with Crippen LogP contribution < -0.4 is 11.2 Å². The Balaban J connectivity index is 2.41. The van der Waals surface area contributed by atoms with Crippen LogP contribution in [0.15, 0.2) is 33.7 Å². The van der Waals surface area contributed by atoms with E-state index < -0.39 is 43.4 Å². The first-order chi connectivity index (χ1) is 11.6. The smallest absolute Gasteiger partial charge is 0.348 e. The van der Waals surface area contributed by atoms with Gasteiger partial charge in [-0.1, -0.05) is 0 Å². The molecule has 11 heteroatoms. The highest BCUT2D eigenvalue weighted by Crippen LogP contribution is 2.39. The van der Waals surface area contributed by atoms with Crippen LogP contribution >= 0.6 is 7.60 Å². The van der Waals surface area contributed by atoms with Gasteiger partial charge in [-0.15, -0.1) is 0 Å². The minimum Gasteiger partial charge on any atom is -0.374 e. The molecule has 1 unspecified atom stereocenters. The summed E-state index contributed by atoms with van der Waals surface area (Å²) in [5, 5.41) is 0. The monoisotopic (exact) mass is 376 g/mol. The van der Waals surface area contributed by atoms with Crippen LogP contribution in [0.3, 0.4) is 0 Å². The molecule has 2 rings (SSSR count). The first-order valence-electron chi connectivity index (χ1n) is 7.52. The van der Waals surface area contributed by atoms with Crippen molar-refractivity contribution in [2.75, 3.05) is 7.11 Å². The lowest BCUT2D eigenvalue weighted by Gasteiger charge is -2.24. The molecule has 1 saturated heterocycles. The first-order valence-corrected chi connectivity index (χ1v) is 9.20. The Hall–Kier alpha value is -1.55. The lowest BCUT2D eigenvalue weighted by atomic mass is 10.1. The number of hydrogen-bond donors (Lipinski definition) is 3. The summed E-state index contributed by atoms with van der Waals surface area (Å²) in [6.07, 6.45) is -1.01. The fourth-order valence-corrected chi connectivity index (χ4v) is 2.98. The molecular weight excluding hydrogens is 355 g/mol. The number of aromatic nitrogens is 2. The van der Waals surface area contributed by atoms with E-state index in [4.69, 9.17) is 24.0 Å². The summed E-state index contributed by atoms with van der Waals surface area (Å²) >= 11 is 0. The average Bonchev–Trinajstić information content (AvgIpc) is 2.81. The topological polar surface area (TPSA) is 140 Å². The van der Waals surface area contributed by atoms with Crippen LogP contribution in [-0.4, -0.2) is 50.9 Å². The van der Waals surface area contributed by atoms with E-state index in [9.17, 15) is 14.2 Å². The van der Waals surface area contributed by atoms with Gasteiger partial charge in [-0.3, -0.25) is 18.9 Å². The molecule has 25 heavy (non-hydrogen) atoms. The fourth-order valence-electron chi connectivity index (χ4n) is 2.59. The van der Waals surface area contributed by atoms with Gasteiger partial charge in [0, 0.05) is 25.2 Å². The second kappa shape index (κ2) is 7.77. The molecule has 1 fully saturated rings. The second-order valence-corrected chi connectivity index (χ2v) is 7.27. The van der Waals surface area contributed by atoms with Crippen molar-refractivity contribution in [1.82, 2.24) is 9.55 Å². The number of hydrogen-bond acceptors (Lipinski definition) is 6. The van der Waals surface area contributed by atoms with Crippen LogP contribution in [0.25, 0.3) is 0 Å². The maximum Gasteiger partial charge on any atom is 0.348 e. The van der Waals surface area contributed by atoms with Gasteiger partial charge in [0.1, 0.15) is 18.3 Å². The van der Waals surface area contributed by atoms with Gasteiger partial charge in [-0.25, -0.2) is 4.79 Å². The van der Waals surface area contributed by atoms with E-state index in [1.165, 1.54) is 19.4 Å². The molecule has 0 saturated carbocycles. The molecule has 1 aliphatic rings. The number of H-pyrrole nitrogens is 1. The van der Waals surface area contributed by atoms with Crippen LogP contribution in [0.4, 0.5) is 0 Å². The molecule has 140 valence electrons. The molecule has 10 nitrogen and oxygen atoms in total. The third-order valence-corrected chi connectivity index (χ3v) is 4.08. The summed E-state index contributed by atoms with van der Waals surface area (Å²) in [5.74, 6) is 0.721. The normalized spacial score (nSPS) is 27.4. The van der Waals surface area contributed by atoms with Gasteiger partial charge < -0.3 is 24.0 Å². The summed E-state index contributed by atoms with van der Waals surface area (Å²) in [7, 11) is -2.98. The van der Waals surface area contributed by atoms with Crippen LogP contribution in [0, 0.1) is 0 Å². The zero-order valence-corrected chi connectivity index (χ0v) is 14.8. The Morgan fingerprint density at radius 1 is 1.36 bits per heavy atom. The van der Waals surface area contributed by atoms with E-state index in [2.05, 4.69) is 4.98 Å². The van der Waals surface area contributed by atoms with Crippen molar-refractivity contribution in [3.63, 3.8) is 0 Å². The molecule has 1 aromatic rings. The fraction of sp³-hybridized carbons (Fsp3) is 0.571. The summed E-state index contributed by atoms with van der Waals surface area (Å²) in [6.45, 7) is 3.58. The SMILES string of the molecule is COC1[C@@H](OC(C)C)[C@@H](/C=C/P(=O)(O)O)O[C@H]1n1ccc(=O)[nH]c1=O. The van der Waals surface area contributed by atoms with Crippen molar-refractivity contribution in [2.24, 2.45) is 0 Å². The molecule has 0 spiro atoms. The largest absolute Gasteiger partial charge is 0.374 e. The van der Waals surface area contributed by atoms with Gasteiger partial charge in [-0.2, -0.15) is 0 Å². The number of nitrogens with one attached hydrogen (secondary N) is 1. The summed E-state index contributed by atoms with van der Waals surface area (Å²) < 4.78 is 29.1. The number of ether oxygens (including phenoxy) is 3. The Morgan fingerprint density at radius 2 is 2.04 bits per heavy atom. The molecular formula is C14H21N2O8P. The Kier molecular flexibility index (Phi) is 6.15. The van der Waals surface area contributed by atoms with Crippen LogP contribution in [0.2, 0.25) is 0 Å². The third kappa shape index (κ3) is 4.97. The van der Waals surface area contributed by atoms with Crippen molar-refractivity contribution in [2.45, 2.75) is 44.5 Å². The van der Waals surface area contributed by atoms with Crippen LogP contribution in [0.5, 0.6) is 0 Å². The lowest BCUT2D eigenvalue weighted by molar-refractivity contribution is -0.0768. The van der Waals surface area contributed by atoms with E-state index in [1.54, 1.807) is 13.8 Å². The molecule has 2 heterocycles. The predicted octanol–water partition coefficient (Wildman–Crippen LogP) is -0.0660. The average molecular weight is 376 g/mol. The zero-order valence-electron chi connectivity index (χ0n) is 13.9. The maximum absolute atomic E-state index is 12.0. The van der Waals surface area contributed by atoms with Crippen LogP contribution in [0.1, 0.15) is 20.1 Å². The van der Waals surface area contributed by atoms with E-state index in [0.717, 1.165) is 16.5 Å². The number of nitrogens with zero attached hydrogens (tertiary/aromatic N) is 1. The molecule has 0 radical (unpaired) electrons. The highest BCUT2D eigenvalue weighted by molar-refractivity contribution is 7.55. The van der Waals surface area contributed by atoms with Crippen molar-refractivity contribution in [3.8, 4) is 0 Å². The van der Waals surface area contributed by atoms with Gasteiger partial charge in [0.2, 0.25) is 0 Å². The van der Waals surface area contributed by atoms with E-state index in [0.29, 0.717) is 0 Å². The second-order valence-electron chi connectivity index (χ2n) is 5.79. The van der Waals surface area contributed by atoms with Crippen molar-refractivity contribution in [1.29, 1.82) is 0 Å². The van der Waals surface area contributed by atoms with Gasteiger partial charge in [0.15, 0.2) is 6.23 Å². The van der Waals surface area contributed by atoms with Gasteiger partial charge in [0.25, 0.3) is 5.56 Å². The maximum atomic E-state index is 12.0. The van der Waals surface area contributed by atoms with E-state index in [1.807, 2.05) is 0 Å². The minimum atomic E-state index is -4.39.